The van der Waals surface area contributed by atoms with Gasteiger partial charge >= 0.3 is 0 Å². The number of para-hydroxylation sites is 1. The quantitative estimate of drug-likeness (QED) is 0.883. The second kappa shape index (κ2) is 4.86. The molecule has 0 aliphatic heterocycles. The standard InChI is InChI=1S/C13H19N5/c1-13(2,8-14)9-18(3)12-15-10-6-4-5-7-11(10)16-17-12/h4-7H,8-9,14H2,1-3H3. The molecule has 1 aromatic heterocycles. The van der Waals surface area contributed by atoms with Gasteiger partial charge in [0, 0.05) is 13.6 Å². The Morgan fingerprint density at radius 3 is 2.50 bits per heavy atom. The van der Waals surface area contributed by atoms with Gasteiger partial charge in [-0.05, 0) is 24.1 Å². The molecular weight excluding hydrogens is 226 g/mol. The van der Waals surface area contributed by atoms with E-state index >= 15 is 0 Å². The largest absolute Gasteiger partial charge is 0.342 e. The summed E-state index contributed by atoms with van der Waals surface area (Å²) in [6.45, 7) is 5.66. The molecule has 2 aromatic rings. The first-order valence-electron chi connectivity index (χ1n) is 6.02. The van der Waals surface area contributed by atoms with Crippen molar-refractivity contribution in [2.24, 2.45) is 11.1 Å². The SMILES string of the molecule is CN(CC(C)(C)CN)c1nnc2ccccc2n1. The van der Waals surface area contributed by atoms with Gasteiger partial charge in [-0.15, -0.1) is 10.2 Å². The smallest absolute Gasteiger partial charge is 0.245 e. The minimum absolute atomic E-state index is 0.0315. The molecule has 1 heterocycles. The van der Waals surface area contributed by atoms with E-state index in [0.29, 0.717) is 12.5 Å². The Bertz CT molecular complexity index is 538. The van der Waals surface area contributed by atoms with Crippen LogP contribution >= 0.6 is 0 Å². The van der Waals surface area contributed by atoms with Crippen LogP contribution in [-0.4, -0.2) is 35.3 Å². The summed E-state index contributed by atoms with van der Waals surface area (Å²) in [6, 6.07) is 7.72. The van der Waals surface area contributed by atoms with Crippen molar-refractivity contribution < 1.29 is 0 Å². The fraction of sp³-hybridized carbons (Fsp3) is 0.462. The van der Waals surface area contributed by atoms with Crippen LogP contribution in [0.1, 0.15) is 13.8 Å². The third kappa shape index (κ3) is 2.73. The Kier molecular flexibility index (Phi) is 3.43. The summed E-state index contributed by atoms with van der Waals surface area (Å²) in [5.41, 5.74) is 7.45. The third-order valence-corrected chi connectivity index (χ3v) is 2.91. The van der Waals surface area contributed by atoms with Crippen LogP contribution in [0.5, 0.6) is 0 Å². The number of benzene rings is 1. The first-order valence-corrected chi connectivity index (χ1v) is 6.02. The fourth-order valence-corrected chi connectivity index (χ4v) is 1.81. The molecule has 2 rings (SSSR count). The van der Waals surface area contributed by atoms with Crippen molar-refractivity contribution in [3.05, 3.63) is 24.3 Å². The van der Waals surface area contributed by atoms with Gasteiger partial charge in [0.2, 0.25) is 5.95 Å². The van der Waals surface area contributed by atoms with Gasteiger partial charge in [-0.3, -0.25) is 0 Å². The van der Waals surface area contributed by atoms with E-state index in [0.717, 1.165) is 17.6 Å². The Labute approximate surface area is 107 Å². The molecule has 0 amide bonds. The summed E-state index contributed by atoms with van der Waals surface area (Å²) in [6.07, 6.45) is 0. The molecule has 0 aliphatic carbocycles. The van der Waals surface area contributed by atoms with Gasteiger partial charge in [-0.2, -0.15) is 0 Å². The van der Waals surface area contributed by atoms with Crippen LogP contribution in [0, 0.1) is 5.41 Å². The third-order valence-electron chi connectivity index (χ3n) is 2.91. The molecule has 0 aliphatic rings. The molecule has 0 fully saturated rings. The van der Waals surface area contributed by atoms with E-state index in [1.807, 2.05) is 36.2 Å². The van der Waals surface area contributed by atoms with Crippen molar-refractivity contribution in [2.45, 2.75) is 13.8 Å². The molecule has 1 aromatic carbocycles. The maximum absolute atomic E-state index is 5.74. The number of aromatic nitrogens is 3. The van der Waals surface area contributed by atoms with Crippen LogP contribution in [0.3, 0.4) is 0 Å². The number of hydrogen-bond acceptors (Lipinski definition) is 5. The number of hydrogen-bond donors (Lipinski definition) is 1. The molecule has 0 saturated carbocycles. The van der Waals surface area contributed by atoms with Crippen molar-refractivity contribution in [1.29, 1.82) is 0 Å². The molecular formula is C13H19N5. The molecule has 0 radical (unpaired) electrons. The summed E-state index contributed by atoms with van der Waals surface area (Å²) in [5, 5.41) is 8.32. The van der Waals surface area contributed by atoms with Gasteiger partial charge in [0.25, 0.3) is 0 Å². The molecule has 18 heavy (non-hydrogen) atoms. The Morgan fingerprint density at radius 1 is 1.17 bits per heavy atom. The van der Waals surface area contributed by atoms with Crippen molar-refractivity contribution in [3.8, 4) is 0 Å². The Hall–Kier alpha value is -1.75. The second-order valence-corrected chi connectivity index (χ2v) is 5.32. The lowest BCUT2D eigenvalue weighted by molar-refractivity contribution is 0.383. The molecule has 0 saturated heterocycles. The molecule has 0 bridgehead atoms. The van der Waals surface area contributed by atoms with Gasteiger partial charge in [-0.1, -0.05) is 26.0 Å². The molecule has 5 nitrogen and oxygen atoms in total. The Balaban J connectivity index is 2.25. The minimum Gasteiger partial charge on any atom is -0.342 e. The topological polar surface area (TPSA) is 67.9 Å². The monoisotopic (exact) mass is 245 g/mol. The molecule has 2 N–H and O–H groups in total. The van der Waals surface area contributed by atoms with Crippen LogP contribution in [-0.2, 0) is 0 Å². The van der Waals surface area contributed by atoms with Crippen LogP contribution < -0.4 is 10.6 Å². The molecule has 96 valence electrons. The van der Waals surface area contributed by atoms with Crippen LogP contribution in [0.2, 0.25) is 0 Å². The van der Waals surface area contributed by atoms with Crippen LogP contribution in [0.15, 0.2) is 24.3 Å². The summed E-state index contributed by atoms with van der Waals surface area (Å²) < 4.78 is 0. The zero-order valence-corrected chi connectivity index (χ0v) is 11.1. The van der Waals surface area contributed by atoms with Crippen molar-refractivity contribution in [3.63, 3.8) is 0 Å². The molecule has 5 heteroatoms. The number of anilines is 1. The van der Waals surface area contributed by atoms with Crippen LogP contribution in [0.25, 0.3) is 11.0 Å². The zero-order chi connectivity index (χ0) is 13.2. The first kappa shape index (κ1) is 12.7. The highest BCUT2D eigenvalue weighted by molar-refractivity contribution is 5.74. The summed E-state index contributed by atoms with van der Waals surface area (Å²) in [4.78, 5) is 6.50. The maximum atomic E-state index is 5.74. The summed E-state index contributed by atoms with van der Waals surface area (Å²) in [7, 11) is 1.96. The van der Waals surface area contributed by atoms with E-state index in [9.17, 15) is 0 Å². The predicted molar refractivity (Wildman–Crippen MR) is 73.4 cm³/mol. The molecule has 0 spiro atoms. The van der Waals surface area contributed by atoms with Crippen molar-refractivity contribution in [2.75, 3.05) is 25.0 Å². The average Bonchev–Trinajstić information content (AvgIpc) is 2.37. The number of nitrogens with two attached hydrogens (primary N) is 1. The minimum atomic E-state index is 0.0315. The lowest BCUT2D eigenvalue weighted by atomic mass is 9.93. The van der Waals surface area contributed by atoms with Gasteiger partial charge < -0.3 is 10.6 Å². The lowest BCUT2D eigenvalue weighted by Crippen LogP contribution is -2.37. The summed E-state index contributed by atoms with van der Waals surface area (Å²) >= 11 is 0. The average molecular weight is 245 g/mol. The van der Waals surface area contributed by atoms with Crippen molar-refractivity contribution in [1.82, 2.24) is 15.2 Å². The zero-order valence-electron chi connectivity index (χ0n) is 11.1. The second-order valence-electron chi connectivity index (χ2n) is 5.32. The first-order chi connectivity index (χ1) is 8.52. The number of rotatable bonds is 4. The van der Waals surface area contributed by atoms with Gasteiger partial charge in [0.15, 0.2) is 0 Å². The molecule has 0 unspecified atom stereocenters. The van der Waals surface area contributed by atoms with E-state index in [4.69, 9.17) is 5.73 Å². The number of nitrogens with zero attached hydrogens (tertiary/aromatic N) is 4. The van der Waals surface area contributed by atoms with E-state index < -0.39 is 0 Å². The van der Waals surface area contributed by atoms with E-state index in [1.54, 1.807) is 0 Å². The van der Waals surface area contributed by atoms with Gasteiger partial charge in [0.05, 0.1) is 5.52 Å². The van der Waals surface area contributed by atoms with Gasteiger partial charge in [0.1, 0.15) is 5.52 Å². The highest BCUT2D eigenvalue weighted by Crippen LogP contribution is 2.18. The Morgan fingerprint density at radius 2 is 1.83 bits per heavy atom. The normalized spacial score (nSPS) is 11.8. The predicted octanol–water partition coefficient (Wildman–Crippen LogP) is 1.45. The maximum Gasteiger partial charge on any atom is 0.245 e. The highest BCUT2D eigenvalue weighted by Gasteiger charge is 2.19. The highest BCUT2D eigenvalue weighted by atomic mass is 15.3. The fourth-order valence-electron chi connectivity index (χ4n) is 1.81. The van der Waals surface area contributed by atoms with E-state index in [-0.39, 0.29) is 5.41 Å². The van der Waals surface area contributed by atoms with Crippen LogP contribution in [0.4, 0.5) is 5.95 Å². The number of fused-ring (bicyclic) bond motifs is 1. The van der Waals surface area contributed by atoms with Crippen molar-refractivity contribution >= 4 is 17.0 Å². The summed E-state index contributed by atoms with van der Waals surface area (Å²) in [5.74, 6) is 0.634. The van der Waals surface area contributed by atoms with E-state index in [2.05, 4.69) is 29.0 Å². The lowest BCUT2D eigenvalue weighted by Gasteiger charge is -2.28. The molecule has 0 atom stereocenters. The van der Waals surface area contributed by atoms with E-state index in [1.165, 1.54) is 0 Å². The van der Waals surface area contributed by atoms with Gasteiger partial charge in [-0.25, -0.2) is 4.98 Å².